The summed E-state index contributed by atoms with van der Waals surface area (Å²) in [6, 6.07) is 20.8. The molecule has 0 saturated carbocycles. The lowest BCUT2D eigenvalue weighted by molar-refractivity contribution is -0.255. The molecule has 0 aliphatic rings. The first-order valence-electron chi connectivity index (χ1n) is 8.85. The molecule has 142 valence electrons. The monoisotopic (exact) mass is 374 g/mol. The molecule has 1 atom stereocenters. The highest BCUT2D eigenvalue weighted by atomic mass is 16.5. The largest absolute Gasteiger partial charge is 0.545 e. The second kappa shape index (κ2) is 8.39. The van der Waals surface area contributed by atoms with Crippen molar-refractivity contribution in [1.82, 2.24) is 0 Å². The van der Waals surface area contributed by atoms with Crippen LogP contribution < -0.4 is 15.2 Å². The normalized spacial score (nSPS) is 11.5. The van der Waals surface area contributed by atoms with E-state index in [1.165, 1.54) is 12.1 Å². The van der Waals surface area contributed by atoms with Crippen LogP contribution in [0.5, 0.6) is 5.75 Å². The van der Waals surface area contributed by atoms with Gasteiger partial charge in [-0.15, -0.1) is 0 Å². The van der Waals surface area contributed by atoms with E-state index >= 15 is 0 Å². The van der Waals surface area contributed by atoms with Crippen LogP contribution in [0.4, 0.5) is 5.69 Å². The summed E-state index contributed by atoms with van der Waals surface area (Å²) in [6.07, 6.45) is -1.03. The quantitative estimate of drug-likeness (QED) is 0.717. The highest BCUT2D eigenvalue weighted by Crippen LogP contribution is 2.27. The van der Waals surface area contributed by atoms with E-state index in [0.717, 1.165) is 11.1 Å². The zero-order chi connectivity index (χ0) is 20.1. The smallest absolute Gasteiger partial charge is 0.270 e. The third-order valence-electron chi connectivity index (χ3n) is 4.18. The summed E-state index contributed by atoms with van der Waals surface area (Å²) in [6.45, 7) is 3.90. The van der Waals surface area contributed by atoms with E-state index in [1.54, 1.807) is 36.4 Å². The number of para-hydroxylation sites is 1. The van der Waals surface area contributed by atoms with E-state index in [2.05, 4.69) is 5.32 Å². The second-order valence-corrected chi connectivity index (χ2v) is 6.56. The number of ether oxygens (including phenoxy) is 1. The lowest BCUT2D eigenvalue weighted by Gasteiger charge is -2.21. The zero-order valence-electron chi connectivity index (χ0n) is 15.6. The molecule has 0 radical (unpaired) electrons. The van der Waals surface area contributed by atoms with Crippen LogP contribution in [0.2, 0.25) is 0 Å². The molecule has 5 heteroatoms. The Bertz CT molecular complexity index is 978. The van der Waals surface area contributed by atoms with Crippen molar-refractivity contribution in [1.29, 1.82) is 0 Å². The summed E-state index contributed by atoms with van der Waals surface area (Å²) in [7, 11) is 0. The summed E-state index contributed by atoms with van der Waals surface area (Å²) >= 11 is 0. The van der Waals surface area contributed by atoms with Crippen LogP contribution in [-0.2, 0) is 4.79 Å². The van der Waals surface area contributed by atoms with E-state index in [1.807, 2.05) is 38.1 Å². The highest BCUT2D eigenvalue weighted by Gasteiger charge is 2.24. The maximum absolute atomic E-state index is 13.0. The third-order valence-corrected chi connectivity index (χ3v) is 4.18. The summed E-state index contributed by atoms with van der Waals surface area (Å²) in [5, 5.41) is 14.2. The van der Waals surface area contributed by atoms with E-state index in [9.17, 15) is 14.7 Å². The molecule has 3 rings (SSSR count). The van der Waals surface area contributed by atoms with Crippen molar-refractivity contribution in [3.63, 3.8) is 0 Å². The van der Waals surface area contributed by atoms with Crippen molar-refractivity contribution in [2.45, 2.75) is 20.0 Å². The molecule has 0 bridgehead atoms. The van der Waals surface area contributed by atoms with Crippen molar-refractivity contribution in [3.8, 4) is 5.75 Å². The van der Waals surface area contributed by atoms with Crippen molar-refractivity contribution < 1.29 is 19.4 Å². The average Bonchev–Trinajstić information content (AvgIpc) is 2.66. The van der Waals surface area contributed by atoms with Gasteiger partial charge in [0.25, 0.3) is 5.91 Å². The number of aryl methyl sites for hydroxylation is 2. The molecular formula is C23H20NO4-. The van der Waals surface area contributed by atoms with Crippen molar-refractivity contribution in [2.75, 3.05) is 5.32 Å². The van der Waals surface area contributed by atoms with Gasteiger partial charge in [0.15, 0.2) is 0 Å². The predicted molar refractivity (Wildman–Crippen MR) is 105 cm³/mol. The number of nitrogens with one attached hydrogen (secondary N) is 1. The Kier molecular flexibility index (Phi) is 5.75. The molecule has 3 aromatic carbocycles. The van der Waals surface area contributed by atoms with Crippen LogP contribution in [0, 0.1) is 13.8 Å². The number of carboxylic acids is 1. The maximum atomic E-state index is 13.0. The van der Waals surface area contributed by atoms with Gasteiger partial charge in [-0.05, 0) is 49.2 Å². The van der Waals surface area contributed by atoms with Gasteiger partial charge in [0.2, 0.25) is 6.10 Å². The lowest BCUT2D eigenvalue weighted by atomic mass is 10.1. The van der Waals surface area contributed by atoms with Gasteiger partial charge in [0, 0.05) is 16.8 Å². The second-order valence-electron chi connectivity index (χ2n) is 6.56. The number of carboxylic acid groups (broad SMARTS) is 1. The number of hydrogen-bond donors (Lipinski definition) is 1. The van der Waals surface area contributed by atoms with E-state index in [4.69, 9.17) is 4.74 Å². The Morgan fingerprint density at radius 2 is 1.50 bits per heavy atom. The summed E-state index contributed by atoms with van der Waals surface area (Å²) in [5.74, 6) is -1.69. The fraction of sp³-hybridized carbons (Fsp3) is 0.130. The van der Waals surface area contributed by atoms with Crippen molar-refractivity contribution in [2.24, 2.45) is 0 Å². The Morgan fingerprint density at radius 3 is 2.14 bits per heavy atom. The van der Waals surface area contributed by atoms with E-state index in [-0.39, 0.29) is 11.3 Å². The fourth-order valence-electron chi connectivity index (χ4n) is 3.02. The first kappa shape index (κ1) is 19.2. The predicted octanol–water partition coefficient (Wildman–Crippen LogP) is 3.43. The minimum Gasteiger partial charge on any atom is -0.545 e. The van der Waals surface area contributed by atoms with E-state index < -0.39 is 18.0 Å². The number of anilines is 1. The minimum atomic E-state index is -1.36. The minimum absolute atomic E-state index is 0.0759. The Balaban J connectivity index is 1.94. The van der Waals surface area contributed by atoms with Gasteiger partial charge in [0.1, 0.15) is 5.75 Å². The zero-order valence-corrected chi connectivity index (χ0v) is 15.6. The van der Waals surface area contributed by atoms with Gasteiger partial charge in [-0.2, -0.15) is 0 Å². The number of rotatable bonds is 6. The number of benzene rings is 3. The highest BCUT2D eigenvalue weighted by molar-refractivity contribution is 5.95. The van der Waals surface area contributed by atoms with Gasteiger partial charge >= 0.3 is 0 Å². The number of aromatic carboxylic acids is 1. The molecule has 0 fully saturated rings. The van der Waals surface area contributed by atoms with Crippen LogP contribution in [0.25, 0.3) is 0 Å². The first-order valence-corrected chi connectivity index (χ1v) is 8.85. The maximum Gasteiger partial charge on any atom is 0.270 e. The van der Waals surface area contributed by atoms with Crippen molar-refractivity contribution in [3.05, 3.63) is 95.1 Å². The van der Waals surface area contributed by atoms with Crippen molar-refractivity contribution >= 4 is 17.6 Å². The molecule has 0 heterocycles. The van der Waals surface area contributed by atoms with Gasteiger partial charge in [-0.3, -0.25) is 4.79 Å². The summed E-state index contributed by atoms with van der Waals surface area (Å²) in [4.78, 5) is 24.4. The molecule has 0 spiro atoms. The average molecular weight is 374 g/mol. The molecule has 1 amide bonds. The molecule has 0 aliphatic carbocycles. The van der Waals surface area contributed by atoms with Crippen LogP contribution >= 0.6 is 0 Å². The molecule has 1 N–H and O–H groups in total. The SMILES string of the molecule is Cc1cc(C)cc(NC(=O)[C@@H](Oc2ccccc2C(=O)[O-])c2ccccc2)c1. The van der Waals surface area contributed by atoms with Crippen LogP contribution in [0.15, 0.2) is 72.8 Å². The summed E-state index contributed by atoms with van der Waals surface area (Å²) in [5.41, 5.74) is 3.20. The molecule has 0 aromatic heterocycles. The Labute approximate surface area is 163 Å². The molecule has 0 aliphatic heterocycles. The number of carbonyl (C=O) groups excluding carboxylic acids is 2. The first-order chi connectivity index (χ1) is 13.4. The Morgan fingerprint density at radius 1 is 0.893 bits per heavy atom. The molecule has 3 aromatic rings. The number of amides is 1. The standard InChI is InChI=1S/C23H21NO4/c1-15-12-16(2)14-18(13-15)24-22(25)21(17-8-4-3-5-9-17)28-20-11-7-6-10-19(20)23(26)27/h3-14,21H,1-2H3,(H,24,25)(H,26,27)/p-1/t21-/m0/s1. The van der Waals surface area contributed by atoms with Gasteiger partial charge in [-0.1, -0.05) is 48.5 Å². The molecule has 0 saturated heterocycles. The Hall–Kier alpha value is -3.60. The third kappa shape index (κ3) is 4.57. The van der Waals surface area contributed by atoms with Gasteiger partial charge in [-0.25, -0.2) is 0 Å². The van der Waals surface area contributed by atoms with Crippen LogP contribution in [-0.4, -0.2) is 11.9 Å². The van der Waals surface area contributed by atoms with Gasteiger partial charge < -0.3 is 20.0 Å². The number of hydrogen-bond acceptors (Lipinski definition) is 4. The molecular weight excluding hydrogens is 354 g/mol. The summed E-state index contributed by atoms with van der Waals surface area (Å²) < 4.78 is 5.85. The van der Waals surface area contributed by atoms with Gasteiger partial charge in [0.05, 0.1) is 5.97 Å². The molecule has 28 heavy (non-hydrogen) atoms. The molecule has 0 unspecified atom stereocenters. The topological polar surface area (TPSA) is 78.5 Å². The van der Waals surface area contributed by atoms with E-state index in [0.29, 0.717) is 11.3 Å². The van der Waals surface area contributed by atoms with Crippen LogP contribution in [0.3, 0.4) is 0 Å². The fourth-order valence-corrected chi connectivity index (χ4v) is 3.02. The lowest BCUT2D eigenvalue weighted by Crippen LogP contribution is -2.28. The van der Waals surface area contributed by atoms with Crippen LogP contribution in [0.1, 0.15) is 33.2 Å². The number of carbonyl (C=O) groups is 2. The molecule has 5 nitrogen and oxygen atoms in total.